The Kier molecular flexibility index (Phi) is 4.57. The third-order valence-corrected chi connectivity index (χ3v) is 3.72. The van der Waals surface area contributed by atoms with Crippen molar-refractivity contribution in [1.29, 1.82) is 0 Å². The maximum atomic E-state index is 13.5. The first-order chi connectivity index (χ1) is 11.6. The van der Waals surface area contributed by atoms with Crippen LogP contribution < -0.4 is 5.43 Å². The van der Waals surface area contributed by atoms with Gasteiger partial charge in [-0.05, 0) is 31.2 Å². The molecule has 24 heavy (non-hydrogen) atoms. The molecule has 0 saturated carbocycles. The number of rotatable bonds is 4. The van der Waals surface area contributed by atoms with E-state index in [1.807, 2.05) is 30.3 Å². The van der Waals surface area contributed by atoms with Crippen LogP contribution in [0.5, 0.6) is 0 Å². The largest absolute Gasteiger partial charge is 0.276 e. The van der Waals surface area contributed by atoms with Crippen molar-refractivity contribution in [2.24, 2.45) is 5.10 Å². The highest BCUT2D eigenvalue weighted by Crippen LogP contribution is 2.22. The standard InChI is InChI=1S/C17H13ClF2N4/c1-11-14(10-21-22-16-8-7-12(19)9-15(16)20)17(18)24(23-11)13-5-3-2-4-6-13/h2-10,22H,1H3/b21-10+. The Balaban J connectivity index is 1.84. The lowest BCUT2D eigenvalue weighted by Crippen LogP contribution is -1.96. The van der Waals surface area contributed by atoms with Gasteiger partial charge in [0.15, 0.2) is 5.82 Å². The summed E-state index contributed by atoms with van der Waals surface area (Å²) in [6.45, 7) is 1.80. The van der Waals surface area contributed by atoms with Crippen molar-refractivity contribution in [3.05, 3.63) is 76.6 Å². The summed E-state index contributed by atoms with van der Waals surface area (Å²) in [7, 11) is 0. The summed E-state index contributed by atoms with van der Waals surface area (Å²) < 4.78 is 28.0. The second-order valence-corrected chi connectivity index (χ2v) is 5.39. The molecule has 0 fully saturated rings. The third kappa shape index (κ3) is 3.28. The Morgan fingerprint density at radius 2 is 1.92 bits per heavy atom. The summed E-state index contributed by atoms with van der Waals surface area (Å²) >= 11 is 6.36. The van der Waals surface area contributed by atoms with Crippen LogP contribution in [0.1, 0.15) is 11.3 Å². The molecule has 4 nitrogen and oxygen atoms in total. The molecule has 0 saturated heterocycles. The fraction of sp³-hybridized carbons (Fsp3) is 0.0588. The highest BCUT2D eigenvalue weighted by atomic mass is 35.5. The molecule has 0 spiro atoms. The number of halogens is 3. The number of hydrogen-bond donors (Lipinski definition) is 1. The van der Waals surface area contributed by atoms with Crippen LogP contribution in [-0.2, 0) is 0 Å². The van der Waals surface area contributed by atoms with Crippen LogP contribution in [0, 0.1) is 18.6 Å². The van der Waals surface area contributed by atoms with Gasteiger partial charge in [-0.15, -0.1) is 0 Å². The molecule has 1 aromatic heterocycles. The highest BCUT2D eigenvalue weighted by molar-refractivity contribution is 6.32. The molecule has 0 atom stereocenters. The molecule has 2 aromatic carbocycles. The molecule has 0 aliphatic carbocycles. The first kappa shape index (κ1) is 16.1. The Hall–Kier alpha value is -2.73. The van der Waals surface area contributed by atoms with Crippen LogP contribution in [-0.4, -0.2) is 16.0 Å². The lowest BCUT2D eigenvalue weighted by molar-refractivity contribution is 0.585. The number of benzene rings is 2. The van der Waals surface area contributed by atoms with Crippen molar-refractivity contribution in [2.45, 2.75) is 6.92 Å². The van der Waals surface area contributed by atoms with Gasteiger partial charge in [-0.3, -0.25) is 5.43 Å². The minimum Gasteiger partial charge on any atom is -0.276 e. The van der Waals surface area contributed by atoms with Crippen LogP contribution in [0.15, 0.2) is 53.6 Å². The van der Waals surface area contributed by atoms with E-state index >= 15 is 0 Å². The number of anilines is 1. The molecule has 1 N–H and O–H groups in total. The smallest absolute Gasteiger partial charge is 0.151 e. The summed E-state index contributed by atoms with van der Waals surface area (Å²) in [5.41, 5.74) is 4.69. The molecule has 1 heterocycles. The zero-order valence-corrected chi connectivity index (χ0v) is 13.4. The van der Waals surface area contributed by atoms with Gasteiger partial charge in [0, 0.05) is 6.07 Å². The van der Waals surface area contributed by atoms with Crippen LogP contribution in [0.25, 0.3) is 5.69 Å². The lowest BCUT2D eigenvalue weighted by atomic mass is 10.3. The number of para-hydroxylation sites is 1. The van der Waals surface area contributed by atoms with Gasteiger partial charge in [0.2, 0.25) is 0 Å². The Morgan fingerprint density at radius 3 is 2.62 bits per heavy atom. The molecule has 0 aliphatic rings. The second-order valence-electron chi connectivity index (χ2n) is 5.03. The SMILES string of the molecule is Cc1nn(-c2ccccc2)c(Cl)c1/C=N/Nc1ccc(F)cc1F. The predicted octanol–water partition coefficient (Wildman–Crippen LogP) is 4.56. The highest BCUT2D eigenvalue weighted by Gasteiger charge is 2.13. The zero-order chi connectivity index (χ0) is 17.1. The van der Waals surface area contributed by atoms with Crippen LogP contribution in [0.3, 0.4) is 0 Å². The van der Waals surface area contributed by atoms with Gasteiger partial charge in [-0.25, -0.2) is 13.5 Å². The topological polar surface area (TPSA) is 42.2 Å². The average Bonchev–Trinajstić information content (AvgIpc) is 2.85. The van der Waals surface area contributed by atoms with E-state index in [4.69, 9.17) is 11.6 Å². The third-order valence-electron chi connectivity index (χ3n) is 3.36. The van der Waals surface area contributed by atoms with Gasteiger partial charge in [-0.1, -0.05) is 29.8 Å². The fourth-order valence-corrected chi connectivity index (χ4v) is 2.47. The Labute approximate surface area is 142 Å². The molecule has 3 aromatic rings. The fourth-order valence-electron chi connectivity index (χ4n) is 2.14. The Morgan fingerprint density at radius 1 is 1.17 bits per heavy atom. The van der Waals surface area contributed by atoms with Gasteiger partial charge >= 0.3 is 0 Å². The molecule has 0 radical (unpaired) electrons. The van der Waals surface area contributed by atoms with E-state index in [-0.39, 0.29) is 5.69 Å². The molecule has 3 rings (SSSR count). The number of hydrazone groups is 1. The van der Waals surface area contributed by atoms with E-state index in [1.165, 1.54) is 12.3 Å². The van der Waals surface area contributed by atoms with E-state index in [0.717, 1.165) is 17.8 Å². The van der Waals surface area contributed by atoms with Crippen molar-refractivity contribution in [2.75, 3.05) is 5.43 Å². The molecule has 0 bridgehead atoms. The number of nitrogens with zero attached hydrogens (tertiary/aromatic N) is 3. The minimum atomic E-state index is -0.727. The van der Waals surface area contributed by atoms with E-state index in [2.05, 4.69) is 15.6 Å². The van der Waals surface area contributed by atoms with Gasteiger partial charge in [0.1, 0.15) is 11.0 Å². The first-order valence-electron chi connectivity index (χ1n) is 7.11. The van der Waals surface area contributed by atoms with E-state index in [1.54, 1.807) is 11.6 Å². The van der Waals surface area contributed by atoms with Crippen molar-refractivity contribution in [3.8, 4) is 5.69 Å². The van der Waals surface area contributed by atoms with Gasteiger partial charge in [0.25, 0.3) is 0 Å². The Bertz CT molecular complexity index is 891. The number of aromatic nitrogens is 2. The van der Waals surface area contributed by atoms with Crippen LogP contribution in [0.2, 0.25) is 5.15 Å². The van der Waals surface area contributed by atoms with Crippen LogP contribution >= 0.6 is 11.6 Å². The molecule has 0 unspecified atom stereocenters. The first-order valence-corrected chi connectivity index (χ1v) is 7.48. The van der Waals surface area contributed by atoms with Crippen molar-refractivity contribution in [1.82, 2.24) is 9.78 Å². The van der Waals surface area contributed by atoms with Gasteiger partial charge in [-0.2, -0.15) is 10.2 Å². The van der Waals surface area contributed by atoms with Gasteiger partial charge in [0.05, 0.1) is 28.8 Å². The van der Waals surface area contributed by atoms with E-state index in [9.17, 15) is 8.78 Å². The molecule has 122 valence electrons. The summed E-state index contributed by atoms with van der Waals surface area (Å²) in [5.74, 6) is -1.37. The average molecular weight is 347 g/mol. The summed E-state index contributed by atoms with van der Waals surface area (Å²) in [6.07, 6.45) is 1.45. The summed E-state index contributed by atoms with van der Waals surface area (Å²) in [4.78, 5) is 0. The maximum Gasteiger partial charge on any atom is 0.151 e. The number of aryl methyl sites for hydroxylation is 1. The zero-order valence-electron chi connectivity index (χ0n) is 12.7. The predicted molar refractivity (Wildman–Crippen MR) is 90.9 cm³/mol. The van der Waals surface area contributed by atoms with E-state index < -0.39 is 11.6 Å². The van der Waals surface area contributed by atoms with Crippen molar-refractivity contribution >= 4 is 23.5 Å². The second kappa shape index (κ2) is 6.80. The van der Waals surface area contributed by atoms with Crippen LogP contribution in [0.4, 0.5) is 14.5 Å². The monoisotopic (exact) mass is 346 g/mol. The molecule has 0 aliphatic heterocycles. The van der Waals surface area contributed by atoms with E-state index in [0.29, 0.717) is 16.4 Å². The van der Waals surface area contributed by atoms with Crippen molar-refractivity contribution in [3.63, 3.8) is 0 Å². The summed E-state index contributed by atoms with van der Waals surface area (Å²) in [5, 5.41) is 8.73. The summed E-state index contributed by atoms with van der Waals surface area (Å²) in [6, 6.07) is 12.6. The maximum absolute atomic E-state index is 13.5. The molecular weight excluding hydrogens is 334 g/mol. The van der Waals surface area contributed by atoms with Crippen molar-refractivity contribution < 1.29 is 8.78 Å². The molecule has 7 heteroatoms. The normalized spacial score (nSPS) is 11.2. The molecule has 0 amide bonds. The number of nitrogens with one attached hydrogen (secondary N) is 1. The molecular formula is C17H13ClF2N4. The quantitative estimate of drug-likeness (QED) is 0.556. The number of hydrogen-bond acceptors (Lipinski definition) is 3. The van der Waals surface area contributed by atoms with Gasteiger partial charge < -0.3 is 0 Å². The lowest BCUT2D eigenvalue weighted by Gasteiger charge is -2.02. The minimum absolute atomic E-state index is 0.0666.